The number of pyridine rings is 1. The highest BCUT2D eigenvalue weighted by Crippen LogP contribution is 2.28. The maximum Gasteiger partial charge on any atom is 0.261 e. The Morgan fingerprint density at radius 2 is 2.09 bits per heavy atom. The average molecular weight is 328 g/mol. The second kappa shape index (κ2) is 6.50. The summed E-state index contributed by atoms with van der Waals surface area (Å²) in [5, 5.41) is 8.61. The Bertz CT molecular complexity index is 820. The lowest BCUT2D eigenvalue weighted by Gasteiger charge is -2.05. The maximum absolute atomic E-state index is 12.4. The van der Waals surface area contributed by atoms with Crippen molar-refractivity contribution in [1.29, 1.82) is 0 Å². The molecule has 3 rings (SSSR count). The maximum atomic E-state index is 12.4. The number of nitrogens with zero attached hydrogens (tertiary/aromatic N) is 3. The van der Waals surface area contributed by atoms with E-state index in [1.54, 1.807) is 12.4 Å². The van der Waals surface area contributed by atoms with Gasteiger partial charge in [0.15, 0.2) is 0 Å². The van der Waals surface area contributed by atoms with Crippen LogP contribution in [0.15, 0.2) is 30.6 Å². The van der Waals surface area contributed by atoms with E-state index >= 15 is 0 Å². The Balaban J connectivity index is 1.78. The third-order valence-corrected chi connectivity index (χ3v) is 4.72. The SMILES string of the molecule is Cc1nn(CC(C)C)c2sc(C(=O)NCc3ccncc3)cc12. The van der Waals surface area contributed by atoms with Crippen LogP contribution in [0, 0.1) is 12.8 Å². The molecule has 0 aromatic carbocycles. The van der Waals surface area contributed by atoms with E-state index in [0.717, 1.165) is 32.9 Å². The largest absolute Gasteiger partial charge is 0.347 e. The van der Waals surface area contributed by atoms with Crippen LogP contribution in [0.1, 0.15) is 34.8 Å². The van der Waals surface area contributed by atoms with E-state index in [1.165, 1.54) is 11.3 Å². The van der Waals surface area contributed by atoms with Gasteiger partial charge < -0.3 is 5.32 Å². The number of thiophene rings is 1. The van der Waals surface area contributed by atoms with Crippen LogP contribution in [-0.4, -0.2) is 20.7 Å². The Morgan fingerprint density at radius 3 is 2.78 bits per heavy atom. The van der Waals surface area contributed by atoms with E-state index < -0.39 is 0 Å². The van der Waals surface area contributed by atoms with Crippen molar-refractivity contribution >= 4 is 27.5 Å². The highest BCUT2D eigenvalue weighted by molar-refractivity contribution is 7.20. The molecule has 3 aromatic heterocycles. The molecule has 120 valence electrons. The predicted octanol–water partition coefficient (Wildman–Crippen LogP) is 3.39. The molecule has 0 saturated carbocycles. The number of fused-ring (bicyclic) bond motifs is 1. The Hall–Kier alpha value is -2.21. The lowest BCUT2D eigenvalue weighted by atomic mass is 10.2. The van der Waals surface area contributed by atoms with Crippen molar-refractivity contribution < 1.29 is 4.79 Å². The second-order valence-electron chi connectivity index (χ2n) is 6.03. The molecule has 0 aliphatic carbocycles. The average Bonchev–Trinajstić information content (AvgIpc) is 3.08. The molecule has 0 aliphatic rings. The Morgan fingerprint density at radius 1 is 1.35 bits per heavy atom. The van der Waals surface area contributed by atoms with Gasteiger partial charge in [-0.15, -0.1) is 11.3 Å². The quantitative estimate of drug-likeness (QED) is 0.781. The number of carbonyl (C=O) groups excluding carboxylic acids is 1. The summed E-state index contributed by atoms with van der Waals surface area (Å²) in [7, 11) is 0. The van der Waals surface area contributed by atoms with Gasteiger partial charge in [-0.3, -0.25) is 14.5 Å². The Labute approximate surface area is 139 Å². The highest BCUT2D eigenvalue weighted by atomic mass is 32.1. The summed E-state index contributed by atoms with van der Waals surface area (Å²) in [5.74, 6) is 0.474. The lowest BCUT2D eigenvalue weighted by molar-refractivity contribution is 0.0955. The molecule has 0 spiro atoms. The fourth-order valence-corrected chi connectivity index (χ4v) is 3.55. The molecule has 1 amide bonds. The first kappa shape index (κ1) is 15.7. The van der Waals surface area contributed by atoms with Gasteiger partial charge in [0.1, 0.15) is 4.83 Å². The first-order valence-electron chi connectivity index (χ1n) is 7.68. The molecule has 23 heavy (non-hydrogen) atoms. The highest BCUT2D eigenvalue weighted by Gasteiger charge is 2.16. The summed E-state index contributed by atoms with van der Waals surface area (Å²) in [6, 6.07) is 5.74. The van der Waals surface area contributed by atoms with Gasteiger partial charge in [-0.05, 0) is 36.6 Å². The fraction of sp³-hybridized carbons (Fsp3) is 0.353. The lowest BCUT2D eigenvalue weighted by Crippen LogP contribution is -2.21. The van der Waals surface area contributed by atoms with Gasteiger partial charge >= 0.3 is 0 Å². The first-order chi connectivity index (χ1) is 11.0. The zero-order valence-corrected chi connectivity index (χ0v) is 14.4. The molecule has 0 radical (unpaired) electrons. The van der Waals surface area contributed by atoms with Crippen molar-refractivity contribution in [3.63, 3.8) is 0 Å². The Kier molecular flexibility index (Phi) is 4.43. The summed E-state index contributed by atoms with van der Waals surface area (Å²) in [4.78, 5) is 18.2. The number of hydrogen-bond acceptors (Lipinski definition) is 4. The molecular formula is C17H20N4OS. The van der Waals surface area contributed by atoms with Crippen LogP contribution in [0.2, 0.25) is 0 Å². The summed E-state index contributed by atoms with van der Waals surface area (Å²) in [6.07, 6.45) is 3.45. The zero-order chi connectivity index (χ0) is 16.4. The van der Waals surface area contributed by atoms with E-state index in [1.807, 2.05) is 29.8 Å². The van der Waals surface area contributed by atoms with Gasteiger partial charge in [0.2, 0.25) is 0 Å². The first-order valence-corrected chi connectivity index (χ1v) is 8.50. The van der Waals surface area contributed by atoms with Gasteiger partial charge in [-0.2, -0.15) is 5.10 Å². The van der Waals surface area contributed by atoms with E-state index in [9.17, 15) is 4.79 Å². The normalized spacial score (nSPS) is 11.3. The van der Waals surface area contributed by atoms with Crippen molar-refractivity contribution in [1.82, 2.24) is 20.1 Å². The molecule has 5 nitrogen and oxygen atoms in total. The van der Waals surface area contributed by atoms with Crippen LogP contribution in [0.3, 0.4) is 0 Å². The van der Waals surface area contributed by atoms with Crippen molar-refractivity contribution in [2.75, 3.05) is 0 Å². The number of amides is 1. The van der Waals surface area contributed by atoms with Crippen molar-refractivity contribution in [2.24, 2.45) is 5.92 Å². The molecule has 3 aromatic rings. The zero-order valence-electron chi connectivity index (χ0n) is 13.5. The summed E-state index contributed by atoms with van der Waals surface area (Å²) < 4.78 is 2.01. The second-order valence-corrected chi connectivity index (χ2v) is 7.06. The summed E-state index contributed by atoms with van der Waals surface area (Å²) in [5.41, 5.74) is 2.02. The van der Waals surface area contributed by atoms with Crippen LogP contribution in [-0.2, 0) is 13.1 Å². The minimum atomic E-state index is -0.0430. The minimum absolute atomic E-state index is 0.0430. The molecule has 0 unspecified atom stereocenters. The van der Waals surface area contributed by atoms with Gasteiger partial charge in [-0.25, -0.2) is 0 Å². The third kappa shape index (κ3) is 3.42. The summed E-state index contributed by atoms with van der Waals surface area (Å²) in [6.45, 7) is 7.69. The van der Waals surface area contributed by atoms with E-state index in [-0.39, 0.29) is 5.91 Å². The number of carbonyl (C=O) groups is 1. The summed E-state index contributed by atoms with van der Waals surface area (Å²) >= 11 is 1.51. The van der Waals surface area contributed by atoms with E-state index in [2.05, 4.69) is 29.2 Å². The topological polar surface area (TPSA) is 59.8 Å². The third-order valence-electron chi connectivity index (χ3n) is 3.57. The van der Waals surface area contributed by atoms with Gasteiger partial charge in [0.25, 0.3) is 5.91 Å². The molecule has 0 bridgehead atoms. The van der Waals surface area contributed by atoms with Crippen LogP contribution in [0.5, 0.6) is 0 Å². The van der Waals surface area contributed by atoms with Gasteiger partial charge in [0, 0.05) is 30.9 Å². The monoisotopic (exact) mass is 328 g/mol. The predicted molar refractivity (Wildman–Crippen MR) is 92.6 cm³/mol. The molecule has 0 aliphatic heterocycles. The molecule has 0 saturated heterocycles. The van der Waals surface area contributed by atoms with Crippen molar-refractivity contribution in [3.8, 4) is 0 Å². The molecule has 1 N–H and O–H groups in total. The molecule has 0 fully saturated rings. The molecule has 0 atom stereocenters. The number of aryl methyl sites for hydroxylation is 1. The van der Waals surface area contributed by atoms with E-state index in [0.29, 0.717) is 12.5 Å². The molecular weight excluding hydrogens is 308 g/mol. The fourth-order valence-electron chi connectivity index (χ4n) is 2.46. The van der Waals surface area contributed by atoms with Gasteiger partial charge in [0.05, 0.1) is 10.6 Å². The number of hydrogen-bond donors (Lipinski definition) is 1. The number of rotatable bonds is 5. The molecule has 3 heterocycles. The smallest absolute Gasteiger partial charge is 0.261 e. The van der Waals surface area contributed by atoms with Crippen LogP contribution in [0.4, 0.5) is 0 Å². The molecule has 6 heteroatoms. The minimum Gasteiger partial charge on any atom is -0.347 e. The number of aromatic nitrogens is 3. The standard InChI is InChI=1S/C17H20N4OS/c1-11(2)10-21-17-14(12(3)20-21)8-15(23-17)16(22)19-9-13-4-6-18-7-5-13/h4-8,11H,9-10H2,1-3H3,(H,19,22). The van der Waals surface area contributed by atoms with Crippen LogP contribution >= 0.6 is 11.3 Å². The van der Waals surface area contributed by atoms with Crippen LogP contribution < -0.4 is 5.32 Å². The van der Waals surface area contributed by atoms with Gasteiger partial charge in [-0.1, -0.05) is 13.8 Å². The van der Waals surface area contributed by atoms with Crippen LogP contribution in [0.25, 0.3) is 10.2 Å². The number of nitrogens with one attached hydrogen (secondary N) is 1. The van der Waals surface area contributed by atoms with E-state index in [4.69, 9.17) is 0 Å². The van der Waals surface area contributed by atoms with Crippen molar-refractivity contribution in [2.45, 2.75) is 33.9 Å². The van der Waals surface area contributed by atoms with Crippen molar-refractivity contribution in [3.05, 3.63) is 46.7 Å².